The Morgan fingerprint density at radius 2 is 1.84 bits per heavy atom. The lowest BCUT2D eigenvalue weighted by Crippen LogP contribution is -2.24. The largest absolute Gasteiger partial charge is 0.456 e. The van der Waals surface area contributed by atoms with Gasteiger partial charge in [0.15, 0.2) is 11.2 Å². The van der Waals surface area contributed by atoms with Gasteiger partial charge in [-0.1, -0.05) is 24.3 Å². The highest BCUT2D eigenvalue weighted by Crippen LogP contribution is 2.32. The smallest absolute Gasteiger partial charge is 0.340 e. The van der Waals surface area contributed by atoms with Crippen LogP contribution in [0.4, 0.5) is 5.69 Å². The molecule has 0 bridgehead atoms. The number of imidazole rings is 1. The fourth-order valence-corrected chi connectivity index (χ4v) is 4.43. The van der Waals surface area contributed by atoms with Gasteiger partial charge in [-0.3, -0.25) is 9.20 Å². The van der Waals surface area contributed by atoms with E-state index in [-0.39, 0.29) is 11.5 Å². The lowest BCUT2D eigenvalue weighted by atomic mass is 10.0. The fraction of sp³-hybridized carbons (Fsp3) is 0.233. The molecule has 0 aliphatic carbocycles. The number of hydrogen-bond acceptors (Lipinski definition) is 6. The molecule has 1 unspecified atom stereocenters. The van der Waals surface area contributed by atoms with Crippen molar-refractivity contribution in [3.63, 3.8) is 0 Å². The number of rotatable bonds is 5. The third-order valence-electron chi connectivity index (χ3n) is 6.06. The quantitative estimate of drug-likeness (QED) is 0.279. The van der Waals surface area contributed by atoms with Crippen LogP contribution in [0, 0.1) is 6.92 Å². The molecule has 3 heterocycles. The third kappa shape index (κ3) is 4.85. The second kappa shape index (κ2) is 9.24. The van der Waals surface area contributed by atoms with Crippen molar-refractivity contribution in [3.05, 3.63) is 100.0 Å². The highest BCUT2D eigenvalue weighted by atomic mass is 16.6. The molecular formula is C30H29N3O4. The minimum absolute atomic E-state index is 0.131. The highest BCUT2D eigenvalue weighted by molar-refractivity contribution is 5.96. The van der Waals surface area contributed by atoms with E-state index in [0.717, 1.165) is 16.8 Å². The van der Waals surface area contributed by atoms with Crippen molar-refractivity contribution in [1.82, 2.24) is 9.38 Å². The average Bonchev–Trinajstić information content (AvgIpc) is 3.27. The Morgan fingerprint density at radius 3 is 2.62 bits per heavy atom. The van der Waals surface area contributed by atoms with Gasteiger partial charge in [-0.25, -0.2) is 9.78 Å². The van der Waals surface area contributed by atoms with Crippen molar-refractivity contribution in [1.29, 1.82) is 0 Å². The number of aromatic nitrogens is 2. The molecule has 0 saturated carbocycles. The molecule has 5 aromatic rings. The standard InChI is InChI=1S/C30H29N3O4/c1-18-14-21(19(2)32-23-11-7-6-10-20(23)29(35)37-30(3,4)5)28-22(15-18)25(34)16-26(36-28)24-17-31-27-12-8-9-13-33(24)27/h6-17,19,32H,1-5H3. The molecule has 1 N–H and O–H groups in total. The predicted molar refractivity (Wildman–Crippen MR) is 145 cm³/mol. The van der Waals surface area contributed by atoms with E-state index in [4.69, 9.17) is 9.15 Å². The van der Waals surface area contributed by atoms with Gasteiger partial charge in [0, 0.05) is 23.5 Å². The number of para-hydroxylation sites is 1. The summed E-state index contributed by atoms with van der Waals surface area (Å²) in [6.07, 6.45) is 3.59. The molecule has 0 amide bonds. The number of benzene rings is 2. The molecule has 0 aliphatic rings. The van der Waals surface area contributed by atoms with Crippen molar-refractivity contribution in [2.75, 3.05) is 5.32 Å². The van der Waals surface area contributed by atoms with Gasteiger partial charge in [0.1, 0.15) is 22.5 Å². The number of anilines is 1. The van der Waals surface area contributed by atoms with E-state index < -0.39 is 11.6 Å². The monoisotopic (exact) mass is 495 g/mol. The lowest BCUT2D eigenvalue weighted by molar-refractivity contribution is 0.00706. The number of ether oxygens (including phenoxy) is 1. The van der Waals surface area contributed by atoms with Crippen molar-refractivity contribution in [2.24, 2.45) is 0 Å². The number of fused-ring (bicyclic) bond motifs is 2. The topological polar surface area (TPSA) is 85.8 Å². The highest BCUT2D eigenvalue weighted by Gasteiger charge is 2.22. The second-order valence-corrected chi connectivity index (χ2v) is 10.2. The summed E-state index contributed by atoms with van der Waals surface area (Å²) in [5, 5.41) is 3.94. The molecular weight excluding hydrogens is 466 g/mol. The third-order valence-corrected chi connectivity index (χ3v) is 6.06. The van der Waals surface area contributed by atoms with Crippen LogP contribution in [0.25, 0.3) is 28.1 Å². The van der Waals surface area contributed by atoms with E-state index in [0.29, 0.717) is 33.7 Å². The molecule has 37 heavy (non-hydrogen) atoms. The Bertz CT molecular complexity index is 1690. The summed E-state index contributed by atoms with van der Waals surface area (Å²) >= 11 is 0. The SMILES string of the molecule is Cc1cc(C(C)Nc2ccccc2C(=O)OC(C)(C)C)c2oc(-c3cnc4ccccn34)cc(=O)c2c1. The van der Waals surface area contributed by atoms with Gasteiger partial charge in [0.2, 0.25) is 0 Å². The average molecular weight is 496 g/mol. The first kappa shape index (κ1) is 24.3. The predicted octanol–water partition coefficient (Wildman–Crippen LogP) is 6.54. The van der Waals surface area contributed by atoms with Gasteiger partial charge in [0.05, 0.1) is 23.2 Å². The van der Waals surface area contributed by atoms with Crippen LogP contribution in [-0.4, -0.2) is 21.0 Å². The normalized spacial score (nSPS) is 12.6. The molecule has 188 valence electrons. The summed E-state index contributed by atoms with van der Waals surface area (Å²) < 4.78 is 13.9. The summed E-state index contributed by atoms with van der Waals surface area (Å²) in [6, 6.07) is 18.0. The maximum atomic E-state index is 13.2. The number of carbonyl (C=O) groups excluding carboxylic acids is 1. The summed E-state index contributed by atoms with van der Waals surface area (Å²) in [4.78, 5) is 30.5. The van der Waals surface area contributed by atoms with Gasteiger partial charge in [-0.2, -0.15) is 0 Å². The number of pyridine rings is 1. The zero-order valence-corrected chi connectivity index (χ0v) is 21.5. The van der Waals surface area contributed by atoms with Crippen molar-refractivity contribution >= 4 is 28.3 Å². The van der Waals surface area contributed by atoms with Crippen LogP contribution in [0.15, 0.2) is 82.3 Å². The van der Waals surface area contributed by atoms with Gasteiger partial charge >= 0.3 is 5.97 Å². The molecule has 7 nitrogen and oxygen atoms in total. The molecule has 0 aliphatic heterocycles. The van der Waals surface area contributed by atoms with Crippen LogP contribution < -0.4 is 10.7 Å². The van der Waals surface area contributed by atoms with Gasteiger partial charge in [0.25, 0.3) is 0 Å². The van der Waals surface area contributed by atoms with E-state index >= 15 is 0 Å². The van der Waals surface area contributed by atoms with Crippen LogP contribution in [0.2, 0.25) is 0 Å². The maximum absolute atomic E-state index is 13.2. The van der Waals surface area contributed by atoms with E-state index in [2.05, 4.69) is 10.3 Å². The molecule has 0 spiro atoms. The number of nitrogens with zero attached hydrogens (tertiary/aromatic N) is 2. The van der Waals surface area contributed by atoms with E-state index in [9.17, 15) is 9.59 Å². The molecule has 7 heteroatoms. The summed E-state index contributed by atoms with van der Waals surface area (Å²) in [6.45, 7) is 9.44. The Kier molecular flexibility index (Phi) is 6.07. The number of esters is 1. The van der Waals surface area contributed by atoms with Crippen LogP contribution in [0.3, 0.4) is 0 Å². The number of carbonyl (C=O) groups is 1. The molecule has 1 atom stereocenters. The number of aryl methyl sites for hydroxylation is 1. The first-order chi connectivity index (χ1) is 17.6. The Morgan fingerprint density at radius 1 is 1.08 bits per heavy atom. The van der Waals surface area contributed by atoms with Crippen molar-refractivity contribution < 1.29 is 13.9 Å². The van der Waals surface area contributed by atoms with Gasteiger partial charge < -0.3 is 14.5 Å². The minimum Gasteiger partial charge on any atom is -0.456 e. The van der Waals surface area contributed by atoms with Crippen molar-refractivity contribution in [2.45, 2.75) is 46.3 Å². The molecule has 0 fully saturated rings. The van der Waals surface area contributed by atoms with E-state index in [1.165, 1.54) is 6.07 Å². The fourth-order valence-electron chi connectivity index (χ4n) is 4.43. The summed E-state index contributed by atoms with van der Waals surface area (Å²) in [5.74, 6) is 0.0287. The summed E-state index contributed by atoms with van der Waals surface area (Å²) in [7, 11) is 0. The number of nitrogens with one attached hydrogen (secondary N) is 1. The van der Waals surface area contributed by atoms with Crippen molar-refractivity contribution in [3.8, 4) is 11.5 Å². The van der Waals surface area contributed by atoms with Crippen LogP contribution in [0.5, 0.6) is 0 Å². The molecule has 5 rings (SSSR count). The first-order valence-corrected chi connectivity index (χ1v) is 12.2. The van der Waals surface area contributed by atoms with E-state index in [1.54, 1.807) is 18.3 Å². The van der Waals surface area contributed by atoms with Crippen LogP contribution >= 0.6 is 0 Å². The van der Waals surface area contributed by atoms with Crippen LogP contribution in [0.1, 0.15) is 55.2 Å². The Hall–Kier alpha value is -4.39. The molecule has 2 aromatic carbocycles. The Balaban J connectivity index is 1.59. The van der Waals surface area contributed by atoms with E-state index in [1.807, 2.05) is 87.7 Å². The molecule has 0 saturated heterocycles. The summed E-state index contributed by atoms with van der Waals surface area (Å²) in [5.41, 5.74) is 4.03. The molecule has 3 aromatic heterocycles. The lowest BCUT2D eigenvalue weighted by Gasteiger charge is -2.22. The zero-order valence-electron chi connectivity index (χ0n) is 21.5. The maximum Gasteiger partial charge on any atom is 0.340 e. The molecule has 0 radical (unpaired) electrons. The van der Waals surface area contributed by atoms with Gasteiger partial charge in [-0.15, -0.1) is 0 Å². The Labute approximate surface area is 214 Å². The minimum atomic E-state index is -0.611. The number of hydrogen-bond donors (Lipinski definition) is 1. The van der Waals surface area contributed by atoms with Crippen LogP contribution in [-0.2, 0) is 4.74 Å². The van der Waals surface area contributed by atoms with Gasteiger partial charge in [-0.05, 0) is 70.5 Å². The first-order valence-electron chi connectivity index (χ1n) is 12.2. The zero-order chi connectivity index (χ0) is 26.3. The second-order valence-electron chi connectivity index (χ2n) is 10.2.